The Morgan fingerprint density at radius 1 is 1.04 bits per heavy atom. The van der Waals surface area contributed by atoms with Crippen molar-refractivity contribution >= 4 is 11.6 Å². The van der Waals surface area contributed by atoms with Gasteiger partial charge in [-0.2, -0.15) is 13.2 Å². The van der Waals surface area contributed by atoms with Crippen molar-refractivity contribution in [2.75, 3.05) is 18.5 Å². The Hall–Kier alpha value is -2.70. The van der Waals surface area contributed by atoms with E-state index in [0.717, 1.165) is 12.1 Å². The molecule has 0 fully saturated rings. The monoisotopic (exact) mass is 339 g/mol. The molecule has 1 N–H and O–H groups in total. The highest BCUT2D eigenvalue weighted by molar-refractivity contribution is 5.91. The van der Waals surface area contributed by atoms with E-state index in [9.17, 15) is 18.0 Å². The van der Waals surface area contributed by atoms with Gasteiger partial charge in [0.15, 0.2) is 6.61 Å². The second-order valence-electron chi connectivity index (χ2n) is 4.82. The van der Waals surface area contributed by atoms with E-state index in [1.807, 2.05) is 6.92 Å². The highest BCUT2D eigenvalue weighted by Crippen LogP contribution is 2.31. The summed E-state index contributed by atoms with van der Waals surface area (Å²) in [5.74, 6) is 0.180. The van der Waals surface area contributed by atoms with Crippen LogP contribution in [0.15, 0.2) is 48.5 Å². The number of rotatable bonds is 6. The van der Waals surface area contributed by atoms with Gasteiger partial charge in [-0.3, -0.25) is 4.79 Å². The molecule has 7 heteroatoms. The Morgan fingerprint density at radius 2 is 1.75 bits per heavy atom. The fourth-order valence-corrected chi connectivity index (χ4v) is 1.91. The topological polar surface area (TPSA) is 47.6 Å². The molecule has 0 aliphatic heterocycles. The first-order valence-electron chi connectivity index (χ1n) is 7.21. The summed E-state index contributed by atoms with van der Waals surface area (Å²) in [4.78, 5) is 11.8. The molecule has 2 aromatic rings. The third kappa shape index (κ3) is 5.19. The molecular formula is C17H16F3NO3. The molecule has 0 heterocycles. The van der Waals surface area contributed by atoms with Crippen molar-refractivity contribution in [3.8, 4) is 11.5 Å². The molecule has 0 radical (unpaired) electrons. The van der Waals surface area contributed by atoms with Gasteiger partial charge >= 0.3 is 6.18 Å². The van der Waals surface area contributed by atoms with Crippen molar-refractivity contribution in [2.24, 2.45) is 0 Å². The summed E-state index contributed by atoms with van der Waals surface area (Å²) in [6, 6.07) is 11.1. The number of anilines is 1. The molecule has 24 heavy (non-hydrogen) atoms. The summed E-state index contributed by atoms with van der Waals surface area (Å²) in [6.07, 6.45) is -4.45. The number of benzene rings is 2. The summed E-state index contributed by atoms with van der Waals surface area (Å²) in [7, 11) is 0. The van der Waals surface area contributed by atoms with E-state index in [1.165, 1.54) is 12.1 Å². The normalized spacial score (nSPS) is 11.0. The van der Waals surface area contributed by atoms with Gasteiger partial charge in [-0.1, -0.05) is 6.07 Å². The van der Waals surface area contributed by atoms with Crippen LogP contribution in [-0.2, 0) is 11.0 Å². The highest BCUT2D eigenvalue weighted by Gasteiger charge is 2.30. The molecule has 2 aromatic carbocycles. The summed E-state index contributed by atoms with van der Waals surface area (Å²) in [6.45, 7) is 2.01. The zero-order valence-corrected chi connectivity index (χ0v) is 12.9. The van der Waals surface area contributed by atoms with Gasteiger partial charge in [0.2, 0.25) is 0 Å². The fourth-order valence-electron chi connectivity index (χ4n) is 1.91. The molecule has 0 atom stereocenters. The van der Waals surface area contributed by atoms with Crippen LogP contribution >= 0.6 is 0 Å². The molecule has 0 saturated heterocycles. The van der Waals surface area contributed by atoms with Crippen LogP contribution in [0.2, 0.25) is 0 Å². The van der Waals surface area contributed by atoms with E-state index in [-0.39, 0.29) is 5.75 Å². The van der Waals surface area contributed by atoms with Gasteiger partial charge < -0.3 is 14.8 Å². The van der Waals surface area contributed by atoms with Gasteiger partial charge in [-0.25, -0.2) is 0 Å². The molecule has 1 amide bonds. The Balaban J connectivity index is 1.89. The Kier molecular flexibility index (Phi) is 5.68. The number of carbonyl (C=O) groups excluding carboxylic acids is 1. The van der Waals surface area contributed by atoms with Crippen LogP contribution in [0.3, 0.4) is 0 Å². The van der Waals surface area contributed by atoms with Crippen molar-refractivity contribution in [1.82, 2.24) is 0 Å². The third-order valence-corrected chi connectivity index (χ3v) is 2.98. The van der Waals surface area contributed by atoms with Crippen LogP contribution in [0, 0.1) is 0 Å². The molecule has 0 bridgehead atoms. The molecule has 0 aliphatic rings. The number of carbonyl (C=O) groups is 1. The van der Waals surface area contributed by atoms with Crippen molar-refractivity contribution < 1.29 is 27.4 Å². The Bertz CT molecular complexity index is 684. The van der Waals surface area contributed by atoms with E-state index < -0.39 is 24.3 Å². The zero-order valence-electron chi connectivity index (χ0n) is 12.9. The largest absolute Gasteiger partial charge is 0.494 e. The molecule has 0 aromatic heterocycles. The van der Waals surface area contributed by atoms with Crippen molar-refractivity contribution in [2.45, 2.75) is 13.1 Å². The lowest BCUT2D eigenvalue weighted by molar-refractivity contribution is -0.137. The smallest absolute Gasteiger partial charge is 0.416 e. The molecule has 0 unspecified atom stereocenters. The standard InChI is InChI=1S/C17H16F3NO3/c1-2-23-14-8-6-13(7-9-14)21-16(22)11-24-15-5-3-4-12(10-15)17(18,19)20/h3-10H,2,11H2,1H3,(H,21,22). The van der Waals surface area contributed by atoms with E-state index >= 15 is 0 Å². The summed E-state index contributed by atoms with van der Waals surface area (Å²) < 4.78 is 48.2. The maximum Gasteiger partial charge on any atom is 0.416 e. The number of hydrogen-bond donors (Lipinski definition) is 1. The lowest BCUT2D eigenvalue weighted by atomic mass is 10.2. The molecule has 2 rings (SSSR count). The third-order valence-electron chi connectivity index (χ3n) is 2.98. The van der Waals surface area contributed by atoms with Crippen LogP contribution in [0.25, 0.3) is 0 Å². The molecule has 0 saturated carbocycles. The number of alkyl halides is 3. The maximum absolute atomic E-state index is 12.6. The van der Waals surface area contributed by atoms with Crippen LogP contribution in [0.1, 0.15) is 12.5 Å². The number of halogens is 3. The first kappa shape index (κ1) is 17.7. The van der Waals surface area contributed by atoms with Gasteiger partial charge in [-0.15, -0.1) is 0 Å². The molecule has 128 valence electrons. The zero-order chi connectivity index (χ0) is 17.6. The van der Waals surface area contributed by atoms with Gasteiger partial charge in [0.05, 0.1) is 12.2 Å². The van der Waals surface area contributed by atoms with E-state index in [4.69, 9.17) is 9.47 Å². The average molecular weight is 339 g/mol. The molecule has 0 spiro atoms. The lowest BCUT2D eigenvalue weighted by Crippen LogP contribution is -2.20. The number of nitrogens with one attached hydrogen (secondary N) is 1. The second-order valence-corrected chi connectivity index (χ2v) is 4.82. The minimum atomic E-state index is -4.45. The fraction of sp³-hybridized carbons (Fsp3) is 0.235. The van der Waals surface area contributed by atoms with Crippen molar-refractivity contribution in [3.63, 3.8) is 0 Å². The first-order valence-corrected chi connectivity index (χ1v) is 7.21. The van der Waals surface area contributed by atoms with Crippen molar-refractivity contribution in [3.05, 3.63) is 54.1 Å². The highest BCUT2D eigenvalue weighted by atomic mass is 19.4. The SMILES string of the molecule is CCOc1ccc(NC(=O)COc2cccc(C(F)(F)F)c2)cc1. The van der Waals surface area contributed by atoms with E-state index in [0.29, 0.717) is 18.0 Å². The predicted molar refractivity (Wildman–Crippen MR) is 83.2 cm³/mol. The van der Waals surface area contributed by atoms with Gasteiger partial charge in [0.1, 0.15) is 11.5 Å². The predicted octanol–water partition coefficient (Wildman–Crippen LogP) is 4.12. The van der Waals surface area contributed by atoms with E-state index in [1.54, 1.807) is 24.3 Å². The van der Waals surface area contributed by atoms with Crippen molar-refractivity contribution in [1.29, 1.82) is 0 Å². The first-order chi connectivity index (χ1) is 11.4. The van der Waals surface area contributed by atoms with Crippen LogP contribution < -0.4 is 14.8 Å². The van der Waals surface area contributed by atoms with Crippen LogP contribution in [0.5, 0.6) is 11.5 Å². The molecule has 0 aliphatic carbocycles. The molecular weight excluding hydrogens is 323 g/mol. The minimum Gasteiger partial charge on any atom is -0.494 e. The lowest BCUT2D eigenvalue weighted by Gasteiger charge is -2.11. The van der Waals surface area contributed by atoms with Gasteiger partial charge in [0.25, 0.3) is 5.91 Å². The minimum absolute atomic E-state index is 0.0216. The van der Waals surface area contributed by atoms with Gasteiger partial charge in [0, 0.05) is 5.69 Å². The Labute approximate surface area is 137 Å². The maximum atomic E-state index is 12.6. The summed E-state index contributed by atoms with van der Waals surface area (Å²) >= 11 is 0. The molecule has 4 nitrogen and oxygen atoms in total. The summed E-state index contributed by atoms with van der Waals surface area (Å²) in [5, 5.41) is 2.58. The van der Waals surface area contributed by atoms with Crippen LogP contribution in [0.4, 0.5) is 18.9 Å². The second kappa shape index (κ2) is 7.72. The number of ether oxygens (including phenoxy) is 2. The average Bonchev–Trinajstić information content (AvgIpc) is 2.55. The quantitative estimate of drug-likeness (QED) is 0.861. The van der Waals surface area contributed by atoms with Gasteiger partial charge in [-0.05, 0) is 49.4 Å². The number of hydrogen-bond acceptors (Lipinski definition) is 3. The Morgan fingerprint density at radius 3 is 2.38 bits per heavy atom. The van der Waals surface area contributed by atoms with Crippen LogP contribution in [-0.4, -0.2) is 19.1 Å². The summed E-state index contributed by atoms with van der Waals surface area (Å²) in [5.41, 5.74) is -0.289. The number of amides is 1. The van der Waals surface area contributed by atoms with E-state index in [2.05, 4.69) is 5.32 Å².